The Kier molecular flexibility index (Phi) is 6.49. The summed E-state index contributed by atoms with van der Waals surface area (Å²) in [7, 11) is 1.61. The van der Waals surface area contributed by atoms with Crippen molar-refractivity contribution in [1.82, 2.24) is 0 Å². The fourth-order valence-corrected chi connectivity index (χ4v) is 2.19. The van der Waals surface area contributed by atoms with Gasteiger partial charge in [0.15, 0.2) is 6.10 Å². The van der Waals surface area contributed by atoms with Gasteiger partial charge in [0.1, 0.15) is 17.2 Å². The minimum Gasteiger partial charge on any atom is -0.497 e. The molecule has 128 valence electrons. The Balaban J connectivity index is 2.01. The highest BCUT2D eigenvalue weighted by molar-refractivity contribution is 5.94. The van der Waals surface area contributed by atoms with Crippen LogP contribution in [0.2, 0.25) is 0 Å². The number of carbonyl (C=O) groups excluding carboxylic acids is 1. The molecule has 0 saturated carbocycles. The summed E-state index contributed by atoms with van der Waals surface area (Å²) >= 11 is 0. The zero-order valence-electron chi connectivity index (χ0n) is 14.2. The number of carbonyl (C=O) groups is 1. The van der Waals surface area contributed by atoms with E-state index in [4.69, 9.17) is 14.2 Å². The van der Waals surface area contributed by atoms with Crippen LogP contribution in [0.25, 0.3) is 0 Å². The van der Waals surface area contributed by atoms with E-state index in [1.54, 1.807) is 37.4 Å². The number of methoxy groups -OCH3 is 1. The second kappa shape index (κ2) is 8.82. The van der Waals surface area contributed by atoms with Crippen LogP contribution in [0.1, 0.15) is 20.3 Å². The second-order valence-corrected chi connectivity index (χ2v) is 5.14. The van der Waals surface area contributed by atoms with Gasteiger partial charge >= 0.3 is 0 Å². The van der Waals surface area contributed by atoms with Gasteiger partial charge in [-0.25, -0.2) is 0 Å². The number of anilines is 1. The number of benzene rings is 2. The number of hydrogen-bond donors (Lipinski definition) is 1. The van der Waals surface area contributed by atoms with E-state index in [0.717, 1.165) is 11.5 Å². The Hall–Kier alpha value is -2.69. The summed E-state index contributed by atoms with van der Waals surface area (Å²) < 4.78 is 16.3. The fraction of sp³-hybridized carbons (Fsp3) is 0.316. The minimum absolute atomic E-state index is 0.193. The maximum Gasteiger partial charge on any atom is 0.265 e. The third-order valence-corrected chi connectivity index (χ3v) is 3.41. The lowest BCUT2D eigenvalue weighted by Crippen LogP contribution is -2.32. The lowest BCUT2D eigenvalue weighted by molar-refractivity contribution is -0.122. The van der Waals surface area contributed by atoms with E-state index in [0.29, 0.717) is 24.5 Å². The summed E-state index contributed by atoms with van der Waals surface area (Å²) in [5, 5.41) is 2.87. The Morgan fingerprint density at radius 2 is 1.75 bits per heavy atom. The van der Waals surface area contributed by atoms with Crippen LogP contribution < -0.4 is 19.5 Å². The molecular formula is C19H23NO4. The van der Waals surface area contributed by atoms with Crippen molar-refractivity contribution in [2.45, 2.75) is 26.4 Å². The lowest BCUT2D eigenvalue weighted by Gasteiger charge is -2.17. The van der Waals surface area contributed by atoms with E-state index < -0.39 is 6.10 Å². The van der Waals surface area contributed by atoms with E-state index >= 15 is 0 Å². The number of ether oxygens (including phenoxy) is 3. The third kappa shape index (κ3) is 4.91. The van der Waals surface area contributed by atoms with Gasteiger partial charge in [0.25, 0.3) is 5.91 Å². The van der Waals surface area contributed by atoms with Gasteiger partial charge in [-0.15, -0.1) is 0 Å². The van der Waals surface area contributed by atoms with Crippen LogP contribution in [0.3, 0.4) is 0 Å². The molecule has 0 aliphatic heterocycles. The van der Waals surface area contributed by atoms with Crippen LogP contribution in [0.5, 0.6) is 17.2 Å². The molecule has 0 unspecified atom stereocenters. The van der Waals surface area contributed by atoms with Crippen LogP contribution in [0.4, 0.5) is 5.69 Å². The molecular weight excluding hydrogens is 306 g/mol. The Morgan fingerprint density at radius 3 is 2.38 bits per heavy atom. The zero-order valence-corrected chi connectivity index (χ0v) is 14.2. The first kappa shape index (κ1) is 17.7. The summed E-state index contributed by atoms with van der Waals surface area (Å²) in [4.78, 5) is 12.4. The van der Waals surface area contributed by atoms with E-state index in [-0.39, 0.29) is 5.91 Å². The van der Waals surface area contributed by atoms with Gasteiger partial charge in [0, 0.05) is 11.8 Å². The average molecular weight is 329 g/mol. The first-order valence-corrected chi connectivity index (χ1v) is 8.00. The predicted molar refractivity (Wildman–Crippen MR) is 93.9 cm³/mol. The third-order valence-electron chi connectivity index (χ3n) is 3.41. The maximum absolute atomic E-state index is 12.4. The fourth-order valence-electron chi connectivity index (χ4n) is 2.19. The topological polar surface area (TPSA) is 56.8 Å². The van der Waals surface area contributed by atoms with Gasteiger partial charge in [-0.1, -0.05) is 13.0 Å². The highest BCUT2D eigenvalue weighted by atomic mass is 16.5. The first-order chi connectivity index (χ1) is 11.7. The molecule has 0 heterocycles. The van der Waals surface area contributed by atoms with Crippen LogP contribution >= 0.6 is 0 Å². The van der Waals surface area contributed by atoms with Gasteiger partial charge in [-0.2, -0.15) is 0 Å². The predicted octanol–water partition coefficient (Wildman–Crippen LogP) is 3.89. The number of nitrogens with one attached hydrogen (secondary N) is 1. The number of hydrogen-bond acceptors (Lipinski definition) is 4. The second-order valence-electron chi connectivity index (χ2n) is 5.14. The van der Waals surface area contributed by atoms with E-state index in [1.165, 1.54) is 0 Å². The SMILES string of the molecule is CCOc1cccc(NC(=O)[C@@H](CC)Oc2ccc(OC)cc2)c1. The van der Waals surface area contributed by atoms with E-state index in [1.807, 2.05) is 32.0 Å². The highest BCUT2D eigenvalue weighted by Crippen LogP contribution is 2.21. The van der Waals surface area contributed by atoms with Crippen LogP contribution in [-0.4, -0.2) is 25.7 Å². The molecule has 0 saturated heterocycles. The Labute approximate surface area is 142 Å². The molecule has 2 aromatic carbocycles. The molecule has 0 spiro atoms. The average Bonchev–Trinajstić information content (AvgIpc) is 2.60. The van der Waals surface area contributed by atoms with Crippen molar-refractivity contribution >= 4 is 11.6 Å². The molecule has 5 nitrogen and oxygen atoms in total. The quantitative estimate of drug-likeness (QED) is 0.798. The first-order valence-electron chi connectivity index (χ1n) is 8.00. The summed E-state index contributed by atoms with van der Waals surface area (Å²) in [6, 6.07) is 14.5. The van der Waals surface area contributed by atoms with E-state index in [9.17, 15) is 4.79 Å². The van der Waals surface area contributed by atoms with Crippen LogP contribution in [0.15, 0.2) is 48.5 Å². The van der Waals surface area contributed by atoms with Crippen molar-refractivity contribution in [1.29, 1.82) is 0 Å². The molecule has 1 amide bonds. The van der Waals surface area contributed by atoms with Gasteiger partial charge in [-0.3, -0.25) is 4.79 Å². The molecule has 2 aromatic rings. The Morgan fingerprint density at radius 1 is 1.04 bits per heavy atom. The van der Waals surface area contributed by atoms with Gasteiger partial charge in [0.05, 0.1) is 13.7 Å². The normalized spacial score (nSPS) is 11.5. The monoisotopic (exact) mass is 329 g/mol. The molecule has 1 N–H and O–H groups in total. The molecule has 0 fully saturated rings. The molecule has 2 rings (SSSR count). The van der Waals surface area contributed by atoms with Crippen molar-refractivity contribution in [2.75, 3.05) is 19.0 Å². The van der Waals surface area contributed by atoms with E-state index in [2.05, 4.69) is 5.32 Å². The van der Waals surface area contributed by atoms with Gasteiger partial charge in [-0.05, 0) is 49.7 Å². The standard InChI is InChI=1S/C19H23NO4/c1-4-18(24-16-11-9-15(22-3)10-12-16)19(21)20-14-7-6-8-17(13-14)23-5-2/h6-13,18H,4-5H2,1-3H3,(H,20,21)/t18-/m1/s1. The molecule has 0 aliphatic carbocycles. The van der Waals surface area contributed by atoms with Gasteiger partial charge < -0.3 is 19.5 Å². The highest BCUT2D eigenvalue weighted by Gasteiger charge is 2.18. The Bertz CT molecular complexity index is 655. The van der Waals surface area contributed by atoms with Gasteiger partial charge in [0.2, 0.25) is 0 Å². The molecule has 24 heavy (non-hydrogen) atoms. The van der Waals surface area contributed by atoms with Crippen LogP contribution in [0, 0.1) is 0 Å². The van der Waals surface area contributed by atoms with Crippen molar-refractivity contribution in [3.8, 4) is 17.2 Å². The largest absolute Gasteiger partial charge is 0.497 e. The summed E-state index contributed by atoms with van der Waals surface area (Å²) in [5.41, 5.74) is 0.683. The maximum atomic E-state index is 12.4. The smallest absolute Gasteiger partial charge is 0.265 e. The van der Waals surface area contributed by atoms with Crippen molar-refractivity contribution < 1.29 is 19.0 Å². The van der Waals surface area contributed by atoms with Crippen LogP contribution in [-0.2, 0) is 4.79 Å². The zero-order chi connectivity index (χ0) is 17.4. The molecule has 0 aromatic heterocycles. The number of rotatable bonds is 8. The summed E-state index contributed by atoms with van der Waals surface area (Å²) in [5.74, 6) is 1.90. The minimum atomic E-state index is -0.575. The molecule has 1 atom stereocenters. The summed E-state index contributed by atoms with van der Waals surface area (Å²) in [6.45, 7) is 4.40. The molecule has 0 bridgehead atoms. The van der Waals surface area contributed by atoms with Crippen molar-refractivity contribution in [3.05, 3.63) is 48.5 Å². The number of amides is 1. The molecule has 0 radical (unpaired) electrons. The summed E-state index contributed by atoms with van der Waals surface area (Å²) in [6.07, 6.45) is -0.0163. The lowest BCUT2D eigenvalue weighted by atomic mass is 10.2. The van der Waals surface area contributed by atoms with Crippen molar-refractivity contribution in [3.63, 3.8) is 0 Å². The van der Waals surface area contributed by atoms with Crippen molar-refractivity contribution in [2.24, 2.45) is 0 Å². The molecule has 0 aliphatic rings. The molecule has 5 heteroatoms.